The van der Waals surface area contributed by atoms with Crippen molar-refractivity contribution < 1.29 is 4.74 Å². The monoisotopic (exact) mass is 843 g/mol. The van der Waals surface area contributed by atoms with Crippen molar-refractivity contribution in [2.24, 2.45) is 0 Å². The average molecular weight is 844 g/mol. The lowest BCUT2D eigenvalue weighted by molar-refractivity contribution is 0.416. The third-order valence-corrected chi connectivity index (χ3v) is 12.6. The number of pyridine rings is 2. The second-order valence-corrected chi connectivity index (χ2v) is 19.1. The minimum absolute atomic E-state index is 0.0402. The second kappa shape index (κ2) is 16.5. The maximum atomic E-state index is 5.95. The fourth-order valence-electron chi connectivity index (χ4n) is 9.07. The van der Waals surface area contributed by atoms with Crippen LogP contribution in [-0.2, 0) is 10.8 Å². The van der Waals surface area contributed by atoms with Crippen molar-refractivity contribution in [3.05, 3.63) is 205 Å². The fourth-order valence-corrected chi connectivity index (χ4v) is 9.07. The van der Waals surface area contributed by atoms with Gasteiger partial charge in [0, 0.05) is 44.9 Å². The van der Waals surface area contributed by atoms with Crippen molar-refractivity contribution in [1.29, 1.82) is 0 Å². The molecule has 318 valence electrons. The minimum atomic E-state index is -0.0402. The Morgan fingerprint density at radius 1 is 0.415 bits per heavy atom. The number of hydrogen-bond donors (Lipinski definition) is 0. The van der Waals surface area contributed by atoms with E-state index >= 15 is 0 Å². The molecule has 4 heteroatoms. The lowest BCUT2D eigenvalue weighted by atomic mass is 9.79. The highest BCUT2D eigenvalue weighted by atomic mass is 16.5. The Labute approximate surface area is 382 Å². The molecule has 0 amide bonds. The first kappa shape index (κ1) is 41.5. The number of ether oxygens (including phenoxy) is 1. The van der Waals surface area contributed by atoms with Crippen LogP contribution in [0.3, 0.4) is 0 Å². The summed E-state index contributed by atoms with van der Waals surface area (Å²) in [7, 11) is 1.73. The fraction of sp³-hybridized carbons (Fsp3) is 0.148. The minimum Gasteiger partial charge on any atom is -0.496 e. The molecule has 7 aromatic carbocycles. The lowest BCUT2D eigenvalue weighted by Gasteiger charge is -2.26. The van der Waals surface area contributed by atoms with Crippen LogP contribution in [-0.4, -0.2) is 21.6 Å². The highest BCUT2D eigenvalue weighted by Gasteiger charge is 2.23. The molecule has 0 aliphatic heterocycles. The standard InChI is InChI=1S/C61H53N3O/c1-60(2,3)47-34-43(35-48(39-47)61(4,5)6)44-37-55(63-56(38-44)53-24-15-17-28-58(53)65-7)46-32-42(40-19-10-8-11-20-40)31-45(33-46)54-36-41(29-30-62-54)50-25-18-26-52-51-23-14-16-27-57(51)64(59(50)52)49-21-12-9-13-22-49/h8-39H,1-7H3. The van der Waals surface area contributed by atoms with Gasteiger partial charge in [0.05, 0.1) is 35.2 Å². The Hall–Kier alpha value is -7.56. The molecule has 10 rings (SSSR count). The van der Waals surface area contributed by atoms with E-state index in [9.17, 15) is 0 Å². The maximum absolute atomic E-state index is 5.95. The van der Waals surface area contributed by atoms with E-state index in [0.717, 1.165) is 78.6 Å². The predicted molar refractivity (Wildman–Crippen MR) is 273 cm³/mol. The molecule has 3 heterocycles. The number of para-hydroxylation sites is 4. The van der Waals surface area contributed by atoms with E-state index in [4.69, 9.17) is 14.7 Å². The van der Waals surface area contributed by atoms with Gasteiger partial charge in [-0.15, -0.1) is 0 Å². The van der Waals surface area contributed by atoms with Crippen LogP contribution in [0.4, 0.5) is 0 Å². The van der Waals surface area contributed by atoms with Gasteiger partial charge >= 0.3 is 0 Å². The molecule has 0 radical (unpaired) electrons. The van der Waals surface area contributed by atoms with E-state index in [-0.39, 0.29) is 10.8 Å². The third kappa shape index (κ3) is 8.02. The summed E-state index contributed by atoms with van der Waals surface area (Å²) in [6.45, 7) is 13.7. The Balaban J connectivity index is 1.19. The molecule has 0 fully saturated rings. The van der Waals surface area contributed by atoms with Gasteiger partial charge in [-0.05, 0) is 123 Å². The zero-order valence-electron chi connectivity index (χ0n) is 38.2. The van der Waals surface area contributed by atoms with Gasteiger partial charge in [-0.1, -0.05) is 157 Å². The summed E-state index contributed by atoms with van der Waals surface area (Å²) in [4.78, 5) is 10.6. The maximum Gasteiger partial charge on any atom is 0.128 e. The van der Waals surface area contributed by atoms with Crippen LogP contribution in [0.2, 0.25) is 0 Å². The molecule has 0 atom stereocenters. The molecule has 0 aliphatic rings. The van der Waals surface area contributed by atoms with Crippen molar-refractivity contribution in [3.8, 4) is 78.6 Å². The van der Waals surface area contributed by atoms with Crippen LogP contribution >= 0.6 is 0 Å². The molecule has 3 aromatic heterocycles. The molecular formula is C61H53N3O. The van der Waals surface area contributed by atoms with Gasteiger partial charge < -0.3 is 9.30 Å². The third-order valence-electron chi connectivity index (χ3n) is 12.6. The van der Waals surface area contributed by atoms with E-state index in [1.165, 1.54) is 32.9 Å². The van der Waals surface area contributed by atoms with Crippen LogP contribution in [0.1, 0.15) is 52.7 Å². The summed E-state index contributed by atoms with van der Waals surface area (Å²) in [6.07, 6.45) is 1.95. The zero-order valence-corrected chi connectivity index (χ0v) is 38.2. The number of fused-ring (bicyclic) bond motifs is 3. The second-order valence-electron chi connectivity index (χ2n) is 19.1. The molecule has 0 bridgehead atoms. The Kier molecular flexibility index (Phi) is 10.5. The first-order valence-corrected chi connectivity index (χ1v) is 22.5. The molecule has 0 unspecified atom stereocenters. The zero-order chi connectivity index (χ0) is 44.9. The molecule has 0 N–H and O–H groups in total. The summed E-state index contributed by atoms with van der Waals surface area (Å²) in [6, 6.07) is 67.5. The molecule has 0 aliphatic carbocycles. The number of nitrogens with zero attached hydrogens (tertiary/aromatic N) is 3. The van der Waals surface area contributed by atoms with E-state index < -0.39 is 0 Å². The first-order valence-electron chi connectivity index (χ1n) is 22.5. The van der Waals surface area contributed by atoms with E-state index in [0.29, 0.717) is 0 Å². The lowest BCUT2D eigenvalue weighted by Crippen LogP contribution is -2.16. The summed E-state index contributed by atoms with van der Waals surface area (Å²) < 4.78 is 8.34. The van der Waals surface area contributed by atoms with Gasteiger partial charge in [0.15, 0.2) is 0 Å². The highest BCUT2D eigenvalue weighted by molar-refractivity contribution is 6.13. The molecular weight excluding hydrogens is 791 g/mol. The predicted octanol–water partition coefficient (Wildman–Crippen LogP) is 16.2. The van der Waals surface area contributed by atoms with E-state index in [2.05, 4.69) is 222 Å². The summed E-state index contributed by atoms with van der Waals surface area (Å²) >= 11 is 0. The normalized spacial score (nSPS) is 11.9. The largest absolute Gasteiger partial charge is 0.496 e. The molecule has 0 spiro atoms. The summed E-state index contributed by atoms with van der Waals surface area (Å²) in [5.74, 6) is 0.781. The van der Waals surface area contributed by atoms with E-state index in [1.807, 2.05) is 18.3 Å². The molecule has 0 saturated carbocycles. The van der Waals surface area contributed by atoms with Gasteiger partial charge in [-0.3, -0.25) is 4.98 Å². The van der Waals surface area contributed by atoms with Gasteiger partial charge in [-0.2, -0.15) is 0 Å². The smallest absolute Gasteiger partial charge is 0.128 e. The summed E-state index contributed by atoms with van der Waals surface area (Å²) in [5.41, 5.74) is 18.3. The number of rotatable bonds is 8. The number of benzene rings is 7. The van der Waals surface area contributed by atoms with Crippen molar-refractivity contribution in [2.45, 2.75) is 52.4 Å². The Morgan fingerprint density at radius 2 is 0.969 bits per heavy atom. The number of methoxy groups -OCH3 is 1. The Morgan fingerprint density at radius 3 is 1.69 bits per heavy atom. The van der Waals surface area contributed by atoms with Crippen LogP contribution in [0.15, 0.2) is 194 Å². The molecule has 0 saturated heterocycles. The van der Waals surface area contributed by atoms with Crippen molar-refractivity contribution in [1.82, 2.24) is 14.5 Å². The van der Waals surface area contributed by atoms with Gasteiger partial charge in [0.2, 0.25) is 0 Å². The molecule has 4 nitrogen and oxygen atoms in total. The van der Waals surface area contributed by atoms with Crippen LogP contribution < -0.4 is 4.74 Å². The van der Waals surface area contributed by atoms with E-state index in [1.54, 1.807) is 7.11 Å². The Bertz CT molecular complexity index is 3340. The van der Waals surface area contributed by atoms with Crippen molar-refractivity contribution >= 4 is 21.8 Å². The van der Waals surface area contributed by atoms with Crippen molar-refractivity contribution in [2.75, 3.05) is 7.11 Å². The van der Waals surface area contributed by atoms with Crippen LogP contribution in [0, 0.1) is 0 Å². The quantitative estimate of drug-likeness (QED) is 0.153. The first-order chi connectivity index (χ1) is 31.4. The van der Waals surface area contributed by atoms with Gasteiger partial charge in [-0.25, -0.2) is 4.98 Å². The molecule has 10 aromatic rings. The highest BCUT2D eigenvalue weighted by Crippen LogP contribution is 2.42. The molecule has 65 heavy (non-hydrogen) atoms. The summed E-state index contributed by atoms with van der Waals surface area (Å²) in [5, 5.41) is 2.44. The average Bonchev–Trinajstić information content (AvgIpc) is 3.68. The number of aromatic nitrogens is 3. The SMILES string of the molecule is COc1ccccc1-c1cc(-c2cc(C(C)(C)C)cc(C(C)(C)C)c2)cc(-c2cc(-c3ccccc3)cc(-c3cc(-c4cccc5c6ccccc6n(-c6ccccc6)c45)ccn3)c2)n1. The topological polar surface area (TPSA) is 39.9 Å². The van der Waals surface area contributed by atoms with Crippen LogP contribution in [0.25, 0.3) is 94.6 Å². The van der Waals surface area contributed by atoms with Gasteiger partial charge in [0.25, 0.3) is 0 Å². The van der Waals surface area contributed by atoms with Crippen molar-refractivity contribution in [3.63, 3.8) is 0 Å². The van der Waals surface area contributed by atoms with Gasteiger partial charge in [0.1, 0.15) is 5.75 Å². The van der Waals surface area contributed by atoms with Crippen LogP contribution in [0.5, 0.6) is 5.75 Å². The number of hydrogen-bond acceptors (Lipinski definition) is 3.